The largest absolute Gasteiger partial charge is 0.493 e. The molecule has 4 aromatic rings. The summed E-state index contributed by atoms with van der Waals surface area (Å²) in [5.41, 5.74) is 4.40. The van der Waals surface area contributed by atoms with Gasteiger partial charge in [-0.05, 0) is 36.4 Å². The fraction of sp³-hybridized carbons (Fsp3) is 0.0952. The van der Waals surface area contributed by atoms with Crippen LogP contribution in [0.1, 0.15) is 11.3 Å². The van der Waals surface area contributed by atoms with E-state index in [4.69, 9.17) is 32.4 Å². The number of halogens is 2. The average molecular weight is 397 g/mol. The molecule has 5 rings (SSSR count). The molecule has 0 spiro atoms. The summed E-state index contributed by atoms with van der Waals surface area (Å²) in [7, 11) is 1.64. The molecular formula is C21H14Cl2N2O2. The minimum absolute atomic E-state index is 0.500. The van der Waals surface area contributed by atoms with E-state index in [1.807, 2.05) is 48.7 Å². The van der Waals surface area contributed by atoms with E-state index in [1.165, 1.54) is 0 Å². The highest BCUT2D eigenvalue weighted by Crippen LogP contribution is 2.38. The first-order chi connectivity index (χ1) is 13.2. The molecule has 27 heavy (non-hydrogen) atoms. The predicted molar refractivity (Wildman–Crippen MR) is 109 cm³/mol. The van der Waals surface area contributed by atoms with Crippen molar-refractivity contribution >= 4 is 40.4 Å². The Hall–Kier alpha value is -2.69. The fourth-order valence-electron chi connectivity index (χ4n) is 3.51. The second-order valence-electron chi connectivity index (χ2n) is 6.32. The molecule has 0 bridgehead atoms. The maximum atomic E-state index is 6.44. The van der Waals surface area contributed by atoms with Gasteiger partial charge in [-0.1, -0.05) is 35.3 Å². The smallest absolute Gasteiger partial charge is 0.176 e. The van der Waals surface area contributed by atoms with E-state index in [0.29, 0.717) is 22.3 Å². The van der Waals surface area contributed by atoms with Crippen LogP contribution in [0.4, 0.5) is 0 Å². The Morgan fingerprint density at radius 2 is 2.00 bits per heavy atom. The first-order valence-electron chi connectivity index (χ1n) is 8.42. The number of rotatable bonds is 2. The standard InChI is InChI=1S/C21H14Cl2N2O2/c1-26-19-4-2-3-12-7-20(27-21(12)19)17-6-5-14-10-24-11-15-16(23)8-13(22)9-18(15)25(14)17/h2-10H,11H2,1H3. The summed E-state index contributed by atoms with van der Waals surface area (Å²) >= 11 is 12.7. The van der Waals surface area contributed by atoms with E-state index in [1.54, 1.807) is 13.2 Å². The number of furan rings is 1. The van der Waals surface area contributed by atoms with Gasteiger partial charge < -0.3 is 13.7 Å². The monoisotopic (exact) mass is 396 g/mol. The summed E-state index contributed by atoms with van der Waals surface area (Å²) in [4.78, 5) is 4.50. The van der Waals surface area contributed by atoms with Gasteiger partial charge in [0.15, 0.2) is 17.1 Å². The van der Waals surface area contributed by atoms with Crippen LogP contribution in [0, 0.1) is 0 Å². The Morgan fingerprint density at radius 1 is 1.11 bits per heavy atom. The maximum Gasteiger partial charge on any atom is 0.176 e. The number of para-hydroxylation sites is 1. The fourth-order valence-corrected chi connectivity index (χ4v) is 4.06. The first-order valence-corrected chi connectivity index (χ1v) is 9.18. The Morgan fingerprint density at radius 3 is 2.85 bits per heavy atom. The van der Waals surface area contributed by atoms with Crippen molar-refractivity contribution in [1.29, 1.82) is 0 Å². The number of hydrogen-bond donors (Lipinski definition) is 0. The molecule has 0 aliphatic carbocycles. The molecule has 3 heterocycles. The van der Waals surface area contributed by atoms with Gasteiger partial charge in [0.2, 0.25) is 0 Å². The van der Waals surface area contributed by atoms with Crippen molar-refractivity contribution in [2.75, 3.05) is 7.11 Å². The van der Waals surface area contributed by atoms with E-state index < -0.39 is 0 Å². The van der Waals surface area contributed by atoms with Gasteiger partial charge in [-0.3, -0.25) is 4.99 Å². The number of methoxy groups -OCH3 is 1. The Balaban J connectivity index is 1.79. The number of aromatic nitrogens is 1. The topological polar surface area (TPSA) is 39.7 Å². The molecule has 0 N–H and O–H groups in total. The lowest BCUT2D eigenvalue weighted by Crippen LogP contribution is -2.03. The Bertz CT molecular complexity index is 1220. The highest BCUT2D eigenvalue weighted by atomic mass is 35.5. The molecule has 4 nitrogen and oxygen atoms in total. The lowest BCUT2D eigenvalue weighted by molar-refractivity contribution is 0.411. The minimum Gasteiger partial charge on any atom is -0.493 e. The molecule has 2 aromatic carbocycles. The molecule has 0 saturated heterocycles. The van der Waals surface area contributed by atoms with Crippen molar-refractivity contribution in [2.45, 2.75) is 6.54 Å². The van der Waals surface area contributed by atoms with Gasteiger partial charge in [0.25, 0.3) is 0 Å². The van der Waals surface area contributed by atoms with Crippen molar-refractivity contribution in [3.05, 3.63) is 69.8 Å². The summed E-state index contributed by atoms with van der Waals surface area (Å²) < 4.78 is 13.7. The summed E-state index contributed by atoms with van der Waals surface area (Å²) in [5, 5.41) is 2.16. The SMILES string of the molecule is COc1cccc2cc(-c3ccc4n3-c3cc(Cl)cc(Cl)c3CN=C4)oc12. The molecule has 134 valence electrons. The zero-order chi connectivity index (χ0) is 18.5. The molecule has 1 aliphatic rings. The van der Waals surface area contributed by atoms with Crippen molar-refractivity contribution in [3.8, 4) is 22.9 Å². The summed E-state index contributed by atoms with van der Waals surface area (Å²) in [5.74, 6) is 1.44. The molecule has 0 saturated carbocycles. The highest BCUT2D eigenvalue weighted by molar-refractivity contribution is 6.35. The molecule has 0 atom stereocenters. The Labute approximate surface area is 165 Å². The number of ether oxygens (including phenoxy) is 1. The van der Waals surface area contributed by atoms with Crippen LogP contribution < -0.4 is 4.74 Å². The number of aliphatic imine (C=N–C) groups is 1. The number of benzene rings is 2. The average Bonchev–Trinajstić information content (AvgIpc) is 3.22. The summed E-state index contributed by atoms with van der Waals surface area (Å²) in [6.07, 6.45) is 1.84. The molecular weight excluding hydrogens is 383 g/mol. The van der Waals surface area contributed by atoms with Gasteiger partial charge in [0.1, 0.15) is 0 Å². The molecule has 1 aliphatic heterocycles. The van der Waals surface area contributed by atoms with Gasteiger partial charge in [0.05, 0.1) is 30.7 Å². The van der Waals surface area contributed by atoms with E-state index >= 15 is 0 Å². The molecule has 0 fully saturated rings. The van der Waals surface area contributed by atoms with Crippen LogP contribution in [-0.4, -0.2) is 17.9 Å². The maximum absolute atomic E-state index is 6.44. The highest BCUT2D eigenvalue weighted by Gasteiger charge is 2.21. The lowest BCUT2D eigenvalue weighted by atomic mass is 10.1. The normalized spacial score (nSPS) is 12.7. The van der Waals surface area contributed by atoms with E-state index in [2.05, 4.69) is 9.56 Å². The molecule has 2 aromatic heterocycles. The van der Waals surface area contributed by atoms with Crippen molar-refractivity contribution < 1.29 is 9.15 Å². The molecule has 0 amide bonds. The number of nitrogens with zero attached hydrogens (tertiary/aromatic N) is 2. The van der Waals surface area contributed by atoms with Gasteiger partial charge in [-0.2, -0.15) is 0 Å². The second kappa shape index (κ2) is 6.19. The number of hydrogen-bond acceptors (Lipinski definition) is 3. The third-order valence-corrected chi connectivity index (χ3v) is 5.30. The van der Waals surface area contributed by atoms with Crippen LogP contribution >= 0.6 is 23.2 Å². The van der Waals surface area contributed by atoms with Gasteiger partial charge in [-0.25, -0.2) is 0 Å². The lowest BCUT2D eigenvalue weighted by Gasteiger charge is -2.14. The van der Waals surface area contributed by atoms with Crippen molar-refractivity contribution in [3.63, 3.8) is 0 Å². The van der Waals surface area contributed by atoms with Crippen LogP contribution in [0.3, 0.4) is 0 Å². The Kier molecular flexibility index (Phi) is 3.78. The molecule has 6 heteroatoms. The van der Waals surface area contributed by atoms with Crippen LogP contribution in [0.5, 0.6) is 5.75 Å². The minimum atomic E-state index is 0.500. The third kappa shape index (κ3) is 2.56. The predicted octanol–water partition coefficient (Wildman–Crippen LogP) is 6.14. The first kappa shape index (κ1) is 16.5. The van der Waals surface area contributed by atoms with E-state index in [9.17, 15) is 0 Å². The molecule has 0 unspecified atom stereocenters. The van der Waals surface area contributed by atoms with Gasteiger partial charge in [-0.15, -0.1) is 0 Å². The van der Waals surface area contributed by atoms with Crippen molar-refractivity contribution in [2.24, 2.45) is 4.99 Å². The molecule has 0 radical (unpaired) electrons. The van der Waals surface area contributed by atoms with Gasteiger partial charge in [0, 0.05) is 27.2 Å². The summed E-state index contributed by atoms with van der Waals surface area (Å²) in [6, 6.07) is 15.5. The van der Waals surface area contributed by atoms with Crippen LogP contribution in [0.2, 0.25) is 10.0 Å². The summed E-state index contributed by atoms with van der Waals surface area (Å²) in [6.45, 7) is 0.500. The van der Waals surface area contributed by atoms with E-state index in [0.717, 1.165) is 39.4 Å². The number of fused-ring (bicyclic) bond motifs is 4. The second-order valence-corrected chi connectivity index (χ2v) is 7.17. The zero-order valence-corrected chi connectivity index (χ0v) is 15.9. The van der Waals surface area contributed by atoms with Gasteiger partial charge >= 0.3 is 0 Å². The van der Waals surface area contributed by atoms with Crippen LogP contribution in [0.25, 0.3) is 28.1 Å². The van der Waals surface area contributed by atoms with Crippen LogP contribution in [0.15, 0.2) is 57.9 Å². The quantitative estimate of drug-likeness (QED) is 0.408. The van der Waals surface area contributed by atoms with E-state index in [-0.39, 0.29) is 0 Å². The van der Waals surface area contributed by atoms with Crippen LogP contribution in [-0.2, 0) is 6.54 Å². The third-order valence-electron chi connectivity index (χ3n) is 4.74. The zero-order valence-electron chi connectivity index (χ0n) is 14.4. The van der Waals surface area contributed by atoms with Crippen molar-refractivity contribution in [1.82, 2.24) is 4.57 Å².